The van der Waals surface area contributed by atoms with Gasteiger partial charge in [-0.25, -0.2) is 0 Å². The van der Waals surface area contributed by atoms with Gasteiger partial charge in [0.2, 0.25) is 5.91 Å². The van der Waals surface area contributed by atoms with Crippen LogP contribution in [0.3, 0.4) is 0 Å². The molecule has 7 nitrogen and oxygen atoms in total. The highest BCUT2D eigenvalue weighted by Gasteiger charge is 2.17. The predicted octanol–water partition coefficient (Wildman–Crippen LogP) is 1.92. The molecule has 0 bridgehead atoms. The zero-order valence-corrected chi connectivity index (χ0v) is 13.5. The number of hydrogen-bond donors (Lipinski definition) is 3. The van der Waals surface area contributed by atoms with Crippen molar-refractivity contribution in [3.8, 4) is 0 Å². The Morgan fingerprint density at radius 2 is 1.75 bits per heavy atom. The molecule has 0 aliphatic heterocycles. The second-order valence-electron chi connectivity index (χ2n) is 5.37. The van der Waals surface area contributed by atoms with Crippen LogP contribution in [-0.2, 0) is 20.8 Å². The van der Waals surface area contributed by atoms with Gasteiger partial charge in [0.15, 0.2) is 0 Å². The molecule has 0 spiro atoms. The number of rotatable bonds is 5. The van der Waals surface area contributed by atoms with Gasteiger partial charge in [-0.05, 0) is 37.3 Å². The standard InChI is InChI=1S/C17H19N3O4/c1-11(9-15-7-4-8-24-15)18-16(22)17(23)20-14-6-3-5-13(10-14)19-12(2)21/h3-8,10-11H,9H2,1-2H3,(H,18,22)(H,19,21)(H,20,23)/t11-/m0/s1. The van der Waals surface area contributed by atoms with E-state index in [-0.39, 0.29) is 11.9 Å². The molecule has 3 amide bonds. The van der Waals surface area contributed by atoms with Crippen molar-refractivity contribution in [3.63, 3.8) is 0 Å². The van der Waals surface area contributed by atoms with Crippen LogP contribution in [0.1, 0.15) is 19.6 Å². The number of carbonyl (C=O) groups excluding carboxylic acids is 3. The van der Waals surface area contributed by atoms with E-state index in [9.17, 15) is 14.4 Å². The van der Waals surface area contributed by atoms with E-state index in [4.69, 9.17) is 4.42 Å². The number of anilines is 2. The molecule has 0 saturated heterocycles. The lowest BCUT2D eigenvalue weighted by atomic mass is 10.2. The largest absolute Gasteiger partial charge is 0.469 e. The second kappa shape index (κ2) is 7.96. The average Bonchev–Trinajstić information content (AvgIpc) is 2.99. The number of furan rings is 1. The number of carbonyl (C=O) groups is 3. The Bertz CT molecular complexity index is 725. The van der Waals surface area contributed by atoms with Crippen LogP contribution in [0.15, 0.2) is 47.1 Å². The molecule has 126 valence electrons. The predicted molar refractivity (Wildman–Crippen MR) is 89.4 cm³/mol. The van der Waals surface area contributed by atoms with Crippen molar-refractivity contribution in [1.82, 2.24) is 5.32 Å². The summed E-state index contributed by atoms with van der Waals surface area (Å²) in [6.45, 7) is 3.17. The molecule has 1 aromatic heterocycles. The Kier molecular flexibility index (Phi) is 5.73. The highest BCUT2D eigenvalue weighted by Crippen LogP contribution is 2.15. The van der Waals surface area contributed by atoms with Gasteiger partial charge in [0, 0.05) is 30.8 Å². The fourth-order valence-corrected chi connectivity index (χ4v) is 2.14. The van der Waals surface area contributed by atoms with Crippen LogP contribution < -0.4 is 16.0 Å². The molecular formula is C17H19N3O4. The molecule has 0 fully saturated rings. The fraction of sp³-hybridized carbons (Fsp3) is 0.235. The molecule has 2 rings (SSSR count). The summed E-state index contributed by atoms with van der Waals surface area (Å²) in [5, 5.41) is 7.70. The molecule has 0 radical (unpaired) electrons. The summed E-state index contributed by atoms with van der Waals surface area (Å²) < 4.78 is 5.20. The lowest BCUT2D eigenvalue weighted by Gasteiger charge is -2.12. The number of nitrogens with one attached hydrogen (secondary N) is 3. The molecule has 0 unspecified atom stereocenters. The maximum Gasteiger partial charge on any atom is 0.313 e. The first-order valence-electron chi connectivity index (χ1n) is 7.46. The molecule has 0 saturated carbocycles. The average molecular weight is 329 g/mol. The van der Waals surface area contributed by atoms with E-state index >= 15 is 0 Å². The molecule has 1 heterocycles. The van der Waals surface area contributed by atoms with Gasteiger partial charge in [-0.1, -0.05) is 6.07 Å². The van der Waals surface area contributed by atoms with E-state index in [1.807, 2.05) is 0 Å². The minimum atomic E-state index is -0.777. The van der Waals surface area contributed by atoms with Crippen molar-refractivity contribution in [2.75, 3.05) is 10.6 Å². The topological polar surface area (TPSA) is 100 Å². The molecule has 2 aromatic rings. The van der Waals surface area contributed by atoms with Crippen molar-refractivity contribution >= 4 is 29.1 Å². The maximum absolute atomic E-state index is 11.9. The molecule has 1 aromatic carbocycles. The lowest BCUT2D eigenvalue weighted by molar-refractivity contribution is -0.136. The molecule has 3 N–H and O–H groups in total. The Hall–Kier alpha value is -3.09. The minimum absolute atomic E-state index is 0.219. The Balaban J connectivity index is 1.89. The van der Waals surface area contributed by atoms with Crippen LogP contribution >= 0.6 is 0 Å². The summed E-state index contributed by atoms with van der Waals surface area (Å²) in [5.74, 6) is -1.01. The van der Waals surface area contributed by atoms with Gasteiger partial charge >= 0.3 is 11.8 Å². The third-order valence-electron chi connectivity index (χ3n) is 3.11. The zero-order valence-electron chi connectivity index (χ0n) is 13.5. The van der Waals surface area contributed by atoms with Gasteiger partial charge in [0.1, 0.15) is 5.76 Å². The number of hydrogen-bond acceptors (Lipinski definition) is 4. The van der Waals surface area contributed by atoms with Gasteiger partial charge < -0.3 is 20.4 Å². The van der Waals surface area contributed by atoms with E-state index in [1.165, 1.54) is 6.92 Å². The van der Waals surface area contributed by atoms with Gasteiger partial charge in [0.25, 0.3) is 0 Å². The monoisotopic (exact) mass is 329 g/mol. The Morgan fingerprint density at radius 1 is 1.04 bits per heavy atom. The summed E-state index contributed by atoms with van der Waals surface area (Å²) in [6.07, 6.45) is 2.04. The molecular weight excluding hydrogens is 310 g/mol. The highest BCUT2D eigenvalue weighted by atomic mass is 16.3. The van der Waals surface area contributed by atoms with Crippen molar-refractivity contribution < 1.29 is 18.8 Å². The molecule has 0 aliphatic carbocycles. The second-order valence-corrected chi connectivity index (χ2v) is 5.37. The van der Waals surface area contributed by atoms with E-state index in [0.717, 1.165) is 5.76 Å². The number of benzene rings is 1. The van der Waals surface area contributed by atoms with Crippen LogP contribution in [0.25, 0.3) is 0 Å². The van der Waals surface area contributed by atoms with Crippen LogP contribution in [0.4, 0.5) is 11.4 Å². The first kappa shape index (κ1) is 17.3. The summed E-state index contributed by atoms with van der Waals surface area (Å²) in [5.41, 5.74) is 0.951. The highest BCUT2D eigenvalue weighted by molar-refractivity contribution is 6.39. The van der Waals surface area contributed by atoms with Crippen molar-refractivity contribution in [1.29, 1.82) is 0 Å². The molecule has 24 heavy (non-hydrogen) atoms. The first-order chi connectivity index (χ1) is 11.4. The van der Waals surface area contributed by atoms with Crippen LogP contribution in [0.5, 0.6) is 0 Å². The Labute approximate surface area is 139 Å². The minimum Gasteiger partial charge on any atom is -0.469 e. The van der Waals surface area contributed by atoms with Crippen LogP contribution in [0, 0.1) is 0 Å². The molecule has 7 heteroatoms. The Morgan fingerprint density at radius 3 is 2.38 bits per heavy atom. The van der Waals surface area contributed by atoms with Crippen molar-refractivity contribution in [2.45, 2.75) is 26.3 Å². The third-order valence-corrected chi connectivity index (χ3v) is 3.11. The maximum atomic E-state index is 11.9. The van der Waals surface area contributed by atoms with Crippen LogP contribution in [0.2, 0.25) is 0 Å². The van der Waals surface area contributed by atoms with E-state index in [0.29, 0.717) is 17.8 Å². The SMILES string of the molecule is CC(=O)Nc1cccc(NC(=O)C(=O)N[C@@H](C)Cc2ccco2)c1. The first-order valence-corrected chi connectivity index (χ1v) is 7.46. The van der Waals surface area contributed by atoms with E-state index < -0.39 is 11.8 Å². The summed E-state index contributed by atoms with van der Waals surface area (Å²) in [7, 11) is 0. The summed E-state index contributed by atoms with van der Waals surface area (Å²) in [6, 6.07) is 9.86. The van der Waals surface area contributed by atoms with E-state index in [2.05, 4.69) is 16.0 Å². The summed E-state index contributed by atoms with van der Waals surface area (Å²) >= 11 is 0. The van der Waals surface area contributed by atoms with Gasteiger partial charge in [-0.2, -0.15) is 0 Å². The van der Waals surface area contributed by atoms with Gasteiger partial charge in [0.05, 0.1) is 6.26 Å². The van der Waals surface area contributed by atoms with Gasteiger partial charge in [-0.15, -0.1) is 0 Å². The third kappa shape index (κ3) is 5.28. The lowest BCUT2D eigenvalue weighted by Crippen LogP contribution is -2.41. The molecule has 0 aliphatic rings. The summed E-state index contributed by atoms with van der Waals surface area (Å²) in [4.78, 5) is 34.9. The molecule has 1 atom stereocenters. The van der Waals surface area contributed by atoms with Gasteiger partial charge in [-0.3, -0.25) is 14.4 Å². The zero-order chi connectivity index (χ0) is 17.5. The smallest absolute Gasteiger partial charge is 0.313 e. The van der Waals surface area contributed by atoms with Crippen molar-refractivity contribution in [3.05, 3.63) is 48.4 Å². The van der Waals surface area contributed by atoms with Crippen LogP contribution in [-0.4, -0.2) is 23.8 Å². The van der Waals surface area contributed by atoms with Crippen molar-refractivity contribution in [2.24, 2.45) is 0 Å². The fourth-order valence-electron chi connectivity index (χ4n) is 2.14. The normalized spacial score (nSPS) is 11.4. The number of amides is 3. The quantitative estimate of drug-likeness (QED) is 0.730. The van der Waals surface area contributed by atoms with E-state index in [1.54, 1.807) is 49.6 Å².